The van der Waals surface area contributed by atoms with Crippen molar-refractivity contribution in [2.75, 3.05) is 5.73 Å². The Morgan fingerprint density at radius 3 is 2.38 bits per heavy atom. The molecule has 0 aliphatic heterocycles. The minimum Gasteiger partial charge on any atom is -0.383 e. The second-order valence-corrected chi connectivity index (χ2v) is 4.40. The first kappa shape index (κ1) is 13.3. The number of hydrogen-bond donors (Lipinski definition) is 1. The van der Waals surface area contributed by atoms with Crippen molar-refractivity contribution in [1.29, 1.82) is 0 Å². The SMILES string of the molecule is Cn1cc(-c2ncc(C(F)(F)F)cn2)c2c(N)ncnc21. The Kier molecular flexibility index (Phi) is 2.78. The van der Waals surface area contributed by atoms with Crippen LogP contribution in [0, 0.1) is 0 Å². The van der Waals surface area contributed by atoms with Gasteiger partial charge in [0.05, 0.1) is 16.5 Å². The lowest BCUT2D eigenvalue weighted by Crippen LogP contribution is -2.06. The molecule has 3 aromatic heterocycles. The molecule has 3 heterocycles. The first-order valence-corrected chi connectivity index (χ1v) is 5.83. The van der Waals surface area contributed by atoms with Gasteiger partial charge in [-0.2, -0.15) is 13.2 Å². The summed E-state index contributed by atoms with van der Waals surface area (Å²) in [5.74, 6) is 0.356. The molecule has 0 radical (unpaired) electrons. The second kappa shape index (κ2) is 4.40. The summed E-state index contributed by atoms with van der Waals surface area (Å²) in [5.41, 5.74) is 5.94. The number of hydrogen-bond acceptors (Lipinski definition) is 5. The molecule has 0 saturated heterocycles. The molecule has 0 aliphatic rings. The van der Waals surface area contributed by atoms with Crippen LogP contribution >= 0.6 is 0 Å². The van der Waals surface area contributed by atoms with Crippen LogP contribution in [-0.4, -0.2) is 24.5 Å². The molecule has 6 nitrogen and oxygen atoms in total. The lowest BCUT2D eigenvalue weighted by molar-refractivity contribution is -0.138. The van der Waals surface area contributed by atoms with E-state index in [4.69, 9.17) is 5.73 Å². The quantitative estimate of drug-likeness (QED) is 0.742. The van der Waals surface area contributed by atoms with Crippen LogP contribution < -0.4 is 5.73 Å². The van der Waals surface area contributed by atoms with Crippen molar-refractivity contribution < 1.29 is 13.2 Å². The molecular formula is C12H9F3N6. The van der Waals surface area contributed by atoms with Crippen molar-refractivity contribution in [1.82, 2.24) is 24.5 Å². The second-order valence-electron chi connectivity index (χ2n) is 4.40. The number of nitrogen functional groups attached to an aromatic ring is 1. The highest BCUT2D eigenvalue weighted by Gasteiger charge is 2.31. The van der Waals surface area contributed by atoms with E-state index in [0.29, 0.717) is 16.6 Å². The number of rotatable bonds is 1. The van der Waals surface area contributed by atoms with Gasteiger partial charge in [0.2, 0.25) is 0 Å². The van der Waals surface area contributed by atoms with Crippen molar-refractivity contribution in [3.63, 3.8) is 0 Å². The monoisotopic (exact) mass is 294 g/mol. The van der Waals surface area contributed by atoms with Crippen molar-refractivity contribution in [3.05, 3.63) is 30.5 Å². The fourth-order valence-electron chi connectivity index (χ4n) is 2.02. The lowest BCUT2D eigenvalue weighted by Gasteiger charge is -2.05. The maximum absolute atomic E-state index is 12.5. The Bertz CT molecular complexity index is 806. The molecule has 0 aliphatic carbocycles. The molecule has 21 heavy (non-hydrogen) atoms. The van der Waals surface area contributed by atoms with Crippen molar-refractivity contribution in [2.24, 2.45) is 7.05 Å². The summed E-state index contributed by atoms with van der Waals surface area (Å²) in [7, 11) is 1.74. The van der Waals surface area contributed by atoms with E-state index in [2.05, 4.69) is 19.9 Å². The van der Waals surface area contributed by atoms with Crippen LogP contribution in [0.4, 0.5) is 19.0 Å². The molecule has 0 amide bonds. The molecule has 3 aromatic rings. The maximum atomic E-state index is 12.5. The van der Waals surface area contributed by atoms with E-state index >= 15 is 0 Å². The topological polar surface area (TPSA) is 82.5 Å². The highest BCUT2D eigenvalue weighted by Crippen LogP contribution is 2.32. The summed E-state index contributed by atoms with van der Waals surface area (Å²) < 4.78 is 39.2. The largest absolute Gasteiger partial charge is 0.419 e. The average Bonchev–Trinajstić information content (AvgIpc) is 2.77. The van der Waals surface area contributed by atoms with Gasteiger partial charge in [-0.25, -0.2) is 19.9 Å². The van der Waals surface area contributed by atoms with Crippen LogP contribution in [0.1, 0.15) is 5.56 Å². The summed E-state index contributed by atoms with van der Waals surface area (Å²) in [6.07, 6.45) is -0.0326. The number of nitrogens with zero attached hydrogens (tertiary/aromatic N) is 5. The van der Waals surface area contributed by atoms with Crippen LogP contribution in [0.3, 0.4) is 0 Å². The highest BCUT2D eigenvalue weighted by molar-refractivity contribution is 5.99. The van der Waals surface area contributed by atoms with Gasteiger partial charge in [0.1, 0.15) is 17.8 Å². The minimum atomic E-state index is -4.47. The summed E-state index contributed by atoms with van der Waals surface area (Å²) in [6.45, 7) is 0. The molecule has 3 rings (SSSR count). The Labute approximate surface area is 116 Å². The van der Waals surface area contributed by atoms with Gasteiger partial charge in [-0.05, 0) is 0 Å². The highest BCUT2D eigenvalue weighted by atomic mass is 19.4. The molecule has 0 bridgehead atoms. The van der Waals surface area contributed by atoms with Gasteiger partial charge in [-0.3, -0.25) is 0 Å². The molecule has 0 aromatic carbocycles. The summed E-state index contributed by atoms with van der Waals surface area (Å²) in [6, 6.07) is 0. The first-order chi connectivity index (χ1) is 9.88. The smallest absolute Gasteiger partial charge is 0.383 e. The van der Waals surface area contributed by atoms with Crippen LogP contribution in [0.25, 0.3) is 22.4 Å². The predicted octanol–water partition coefficient (Wildman–Crippen LogP) is 2.03. The van der Waals surface area contributed by atoms with Crippen LogP contribution in [0.2, 0.25) is 0 Å². The number of nitrogens with two attached hydrogens (primary N) is 1. The van der Waals surface area contributed by atoms with Crippen molar-refractivity contribution in [2.45, 2.75) is 6.18 Å². The van der Waals surface area contributed by atoms with Gasteiger partial charge >= 0.3 is 6.18 Å². The zero-order chi connectivity index (χ0) is 15.2. The predicted molar refractivity (Wildman–Crippen MR) is 68.9 cm³/mol. The third kappa shape index (κ3) is 2.16. The Morgan fingerprint density at radius 2 is 1.76 bits per heavy atom. The Hall–Kier alpha value is -2.71. The molecule has 0 spiro atoms. The third-order valence-corrected chi connectivity index (χ3v) is 3.00. The average molecular weight is 294 g/mol. The standard InChI is InChI=1S/C12H9F3N6/c1-21-4-7(8-9(16)19-5-20-11(8)21)10-17-2-6(3-18-10)12(13,14)15/h2-5H,1H3,(H2,16,19,20). The fourth-order valence-corrected chi connectivity index (χ4v) is 2.02. The lowest BCUT2D eigenvalue weighted by atomic mass is 10.2. The minimum absolute atomic E-state index is 0.134. The number of fused-ring (bicyclic) bond motifs is 1. The zero-order valence-electron chi connectivity index (χ0n) is 10.8. The van der Waals surface area contributed by atoms with E-state index in [9.17, 15) is 13.2 Å². The van der Waals surface area contributed by atoms with Gasteiger partial charge in [0.25, 0.3) is 0 Å². The van der Waals surface area contributed by atoms with E-state index in [1.165, 1.54) is 6.33 Å². The number of alkyl halides is 3. The van der Waals surface area contributed by atoms with Crippen molar-refractivity contribution in [3.8, 4) is 11.4 Å². The fraction of sp³-hybridized carbons (Fsp3) is 0.167. The molecule has 0 atom stereocenters. The van der Waals surface area contributed by atoms with Gasteiger partial charge in [-0.1, -0.05) is 0 Å². The van der Waals surface area contributed by atoms with Gasteiger partial charge in [0.15, 0.2) is 5.82 Å². The summed E-state index contributed by atoms with van der Waals surface area (Å²) >= 11 is 0. The van der Waals surface area contributed by atoms with Gasteiger partial charge in [-0.15, -0.1) is 0 Å². The molecule has 0 saturated carbocycles. The molecule has 0 unspecified atom stereocenters. The third-order valence-electron chi connectivity index (χ3n) is 3.00. The van der Waals surface area contributed by atoms with Crippen LogP contribution in [-0.2, 0) is 13.2 Å². The number of anilines is 1. The van der Waals surface area contributed by atoms with E-state index in [-0.39, 0.29) is 11.6 Å². The van der Waals surface area contributed by atoms with Gasteiger partial charge in [0, 0.05) is 25.6 Å². The molecule has 9 heteroatoms. The normalized spacial score (nSPS) is 12.0. The van der Waals surface area contributed by atoms with E-state index in [1.54, 1.807) is 17.8 Å². The molecular weight excluding hydrogens is 285 g/mol. The molecule has 108 valence electrons. The Morgan fingerprint density at radius 1 is 1.10 bits per heavy atom. The Balaban J connectivity index is 2.17. The molecule has 2 N–H and O–H groups in total. The molecule has 0 fully saturated rings. The van der Waals surface area contributed by atoms with Crippen LogP contribution in [0.5, 0.6) is 0 Å². The summed E-state index contributed by atoms with van der Waals surface area (Å²) in [5, 5.41) is 0.514. The van der Waals surface area contributed by atoms with E-state index in [0.717, 1.165) is 12.4 Å². The number of halogens is 3. The first-order valence-electron chi connectivity index (χ1n) is 5.83. The number of aryl methyl sites for hydroxylation is 1. The number of aromatic nitrogens is 5. The van der Waals surface area contributed by atoms with Gasteiger partial charge < -0.3 is 10.3 Å². The summed E-state index contributed by atoms with van der Waals surface area (Å²) in [4.78, 5) is 15.5. The maximum Gasteiger partial charge on any atom is 0.419 e. The zero-order valence-corrected chi connectivity index (χ0v) is 10.8. The van der Waals surface area contributed by atoms with Crippen LogP contribution in [0.15, 0.2) is 24.9 Å². The van der Waals surface area contributed by atoms with E-state index < -0.39 is 11.7 Å². The van der Waals surface area contributed by atoms with Crippen molar-refractivity contribution >= 4 is 16.9 Å². The van der Waals surface area contributed by atoms with E-state index in [1.807, 2.05) is 0 Å².